The molecular weight excluding hydrogens is 464 g/mol. The predicted molar refractivity (Wildman–Crippen MR) is 123 cm³/mol. The van der Waals surface area contributed by atoms with Crippen LogP contribution in [0, 0.1) is 33.5 Å². The first-order chi connectivity index (χ1) is 16.8. The summed E-state index contributed by atoms with van der Waals surface area (Å²) in [4.78, 5) is 39.1. The fourth-order valence-electron chi connectivity index (χ4n) is 10.0. The Bertz CT molecular complexity index is 1190. The van der Waals surface area contributed by atoms with E-state index in [1.54, 1.807) is 12.5 Å². The molecule has 1 aromatic rings. The molecule has 11 unspecified atom stereocenters. The quantitative estimate of drug-likeness (QED) is 0.448. The number of esters is 2. The molecule has 0 N–H and O–H groups in total. The standard InChI is InChI=1S/C28H34O8/c1-13(29)33-17-11-16-24(2,3)19(30)18-21(34-18)26(16,5)15-7-9-25(4)20(14-8-10-32-12-14)35-23(31)22-28(25,36-22)27(15,17)6/h8,10,12,15-18,20-22H,7,9,11H2,1-6H3. The summed E-state index contributed by atoms with van der Waals surface area (Å²) in [6, 6.07) is 1.84. The van der Waals surface area contributed by atoms with Gasteiger partial charge in [0, 0.05) is 34.1 Å². The molecule has 1 aromatic heterocycles. The van der Waals surface area contributed by atoms with Crippen molar-refractivity contribution in [3.05, 3.63) is 24.2 Å². The van der Waals surface area contributed by atoms with E-state index in [-0.39, 0.29) is 47.2 Å². The van der Waals surface area contributed by atoms with Crippen molar-refractivity contribution in [2.45, 2.75) is 96.9 Å². The molecule has 6 fully saturated rings. The van der Waals surface area contributed by atoms with Gasteiger partial charge in [0.15, 0.2) is 11.9 Å². The molecule has 0 bridgehead atoms. The summed E-state index contributed by atoms with van der Waals surface area (Å²) in [5.74, 6) is -0.615. The van der Waals surface area contributed by atoms with Crippen molar-refractivity contribution in [1.29, 1.82) is 0 Å². The third kappa shape index (κ3) is 2.25. The highest BCUT2D eigenvalue weighted by molar-refractivity contribution is 5.93. The van der Waals surface area contributed by atoms with Gasteiger partial charge in [-0.05, 0) is 37.2 Å². The van der Waals surface area contributed by atoms with Crippen LogP contribution in [0.4, 0.5) is 0 Å². The zero-order valence-corrected chi connectivity index (χ0v) is 21.7. The number of hydrogen-bond donors (Lipinski definition) is 0. The normalized spacial score (nSPS) is 53.6. The molecule has 3 saturated heterocycles. The van der Waals surface area contributed by atoms with Crippen LogP contribution in [0.25, 0.3) is 0 Å². The number of epoxide rings is 2. The van der Waals surface area contributed by atoms with Gasteiger partial charge in [-0.1, -0.05) is 34.6 Å². The van der Waals surface area contributed by atoms with Gasteiger partial charge in [-0.15, -0.1) is 0 Å². The zero-order valence-electron chi connectivity index (χ0n) is 21.7. The van der Waals surface area contributed by atoms with Crippen molar-refractivity contribution < 1.29 is 37.7 Å². The van der Waals surface area contributed by atoms with Crippen LogP contribution < -0.4 is 0 Å². The van der Waals surface area contributed by atoms with Crippen molar-refractivity contribution in [2.24, 2.45) is 33.5 Å². The zero-order chi connectivity index (χ0) is 25.6. The summed E-state index contributed by atoms with van der Waals surface area (Å²) in [5, 5.41) is 0. The van der Waals surface area contributed by atoms with Crippen LogP contribution in [0.5, 0.6) is 0 Å². The third-order valence-electron chi connectivity index (χ3n) is 11.6. The minimum Gasteiger partial charge on any atom is -0.472 e. The molecule has 7 rings (SSSR count). The minimum atomic E-state index is -0.871. The Morgan fingerprint density at radius 1 is 1.08 bits per heavy atom. The number of Topliss-reactive ketones (excluding diaryl/α,β-unsaturated/α-hetero) is 1. The number of ketones is 1. The van der Waals surface area contributed by atoms with Crippen molar-refractivity contribution in [3.8, 4) is 0 Å². The highest BCUT2D eigenvalue weighted by atomic mass is 16.7. The van der Waals surface area contributed by atoms with E-state index in [4.69, 9.17) is 23.4 Å². The minimum absolute atomic E-state index is 0.0180. The molecule has 36 heavy (non-hydrogen) atoms. The number of ether oxygens (including phenoxy) is 4. The summed E-state index contributed by atoms with van der Waals surface area (Å²) in [7, 11) is 0. The van der Waals surface area contributed by atoms with E-state index in [2.05, 4.69) is 20.8 Å². The van der Waals surface area contributed by atoms with Crippen molar-refractivity contribution in [2.75, 3.05) is 0 Å². The van der Waals surface area contributed by atoms with Crippen LogP contribution in [-0.4, -0.2) is 47.7 Å². The lowest BCUT2D eigenvalue weighted by Gasteiger charge is -2.69. The summed E-state index contributed by atoms with van der Waals surface area (Å²) in [6.07, 6.45) is 3.01. The fourth-order valence-corrected chi connectivity index (χ4v) is 10.0. The average Bonchev–Trinajstić information content (AvgIpc) is 3.71. The maximum Gasteiger partial charge on any atom is 0.339 e. The lowest BCUT2D eigenvalue weighted by atomic mass is 9.35. The molecule has 3 aliphatic carbocycles. The first-order valence-electron chi connectivity index (χ1n) is 13.1. The molecule has 0 radical (unpaired) electrons. The van der Waals surface area contributed by atoms with Crippen molar-refractivity contribution >= 4 is 17.7 Å². The molecule has 3 aliphatic heterocycles. The lowest BCUT2D eigenvalue weighted by Crippen LogP contribution is -2.74. The van der Waals surface area contributed by atoms with Crippen molar-refractivity contribution in [3.63, 3.8) is 0 Å². The maximum absolute atomic E-state index is 13.3. The smallest absolute Gasteiger partial charge is 0.339 e. The van der Waals surface area contributed by atoms with E-state index in [0.29, 0.717) is 6.42 Å². The molecule has 4 heterocycles. The SMILES string of the molecule is CC(=O)OC1CC2C(C)(C)C(=O)C3OC3C2(C)C2CCC3(C)C(c4ccoc4)OC(=O)C4OC43C12C. The van der Waals surface area contributed by atoms with Crippen LogP contribution in [0.3, 0.4) is 0 Å². The molecule has 194 valence electrons. The van der Waals surface area contributed by atoms with Crippen LogP contribution in [0.2, 0.25) is 0 Å². The first-order valence-corrected chi connectivity index (χ1v) is 13.1. The molecule has 8 heteroatoms. The molecule has 8 nitrogen and oxygen atoms in total. The lowest BCUT2D eigenvalue weighted by molar-refractivity contribution is -0.263. The topological polar surface area (TPSA) is 108 Å². The molecule has 3 saturated carbocycles. The van der Waals surface area contributed by atoms with Gasteiger partial charge in [0.05, 0.1) is 18.6 Å². The number of hydrogen-bond acceptors (Lipinski definition) is 8. The summed E-state index contributed by atoms with van der Waals surface area (Å²) in [6.45, 7) is 12.0. The van der Waals surface area contributed by atoms with Crippen LogP contribution >= 0.6 is 0 Å². The van der Waals surface area contributed by atoms with Gasteiger partial charge in [0.2, 0.25) is 0 Å². The molecule has 0 amide bonds. The number of furan rings is 1. The second kappa shape index (κ2) is 6.44. The third-order valence-corrected chi connectivity index (χ3v) is 11.6. The molecule has 11 atom stereocenters. The van der Waals surface area contributed by atoms with Gasteiger partial charge in [-0.2, -0.15) is 0 Å². The Balaban J connectivity index is 1.42. The number of carbonyl (C=O) groups excluding carboxylic acids is 3. The van der Waals surface area contributed by atoms with E-state index >= 15 is 0 Å². The molecule has 0 aromatic carbocycles. The van der Waals surface area contributed by atoms with Crippen LogP contribution in [0.1, 0.15) is 72.5 Å². The van der Waals surface area contributed by atoms with Crippen LogP contribution in [0.15, 0.2) is 23.0 Å². The van der Waals surface area contributed by atoms with Crippen molar-refractivity contribution in [1.82, 2.24) is 0 Å². The Hall–Kier alpha value is -2.19. The van der Waals surface area contributed by atoms with Gasteiger partial charge in [0.25, 0.3) is 0 Å². The van der Waals surface area contributed by atoms with E-state index in [0.717, 1.165) is 18.4 Å². The van der Waals surface area contributed by atoms with Gasteiger partial charge in [-0.3, -0.25) is 9.59 Å². The summed E-state index contributed by atoms with van der Waals surface area (Å²) in [5.41, 5.74) is -2.24. The van der Waals surface area contributed by atoms with Gasteiger partial charge < -0.3 is 23.4 Å². The highest BCUT2D eigenvalue weighted by Gasteiger charge is 2.90. The average molecular weight is 499 g/mol. The Kier molecular flexibility index (Phi) is 4.11. The highest BCUT2D eigenvalue weighted by Crippen LogP contribution is 2.81. The van der Waals surface area contributed by atoms with Gasteiger partial charge in [-0.25, -0.2) is 4.79 Å². The van der Waals surface area contributed by atoms with E-state index < -0.39 is 40.2 Å². The summed E-state index contributed by atoms with van der Waals surface area (Å²) >= 11 is 0. The van der Waals surface area contributed by atoms with Crippen LogP contribution in [-0.2, 0) is 33.3 Å². The number of fused-ring (bicyclic) bond motifs is 5. The fraction of sp³-hybridized carbons (Fsp3) is 0.750. The van der Waals surface area contributed by atoms with Gasteiger partial charge >= 0.3 is 11.9 Å². The predicted octanol–water partition coefficient (Wildman–Crippen LogP) is 3.77. The van der Waals surface area contributed by atoms with E-state index in [1.165, 1.54) is 6.92 Å². The monoisotopic (exact) mass is 498 g/mol. The molecular formula is C28H34O8. The van der Waals surface area contributed by atoms with E-state index in [1.807, 2.05) is 19.9 Å². The number of carbonyl (C=O) groups is 3. The van der Waals surface area contributed by atoms with E-state index in [9.17, 15) is 14.4 Å². The van der Waals surface area contributed by atoms with Gasteiger partial charge in [0.1, 0.15) is 23.9 Å². The number of rotatable bonds is 2. The first kappa shape index (κ1) is 23.0. The Labute approximate surface area is 210 Å². The Morgan fingerprint density at radius 2 is 1.83 bits per heavy atom. The summed E-state index contributed by atoms with van der Waals surface area (Å²) < 4.78 is 30.2. The largest absolute Gasteiger partial charge is 0.472 e. The second-order valence-electron chi connectivity index (χ2n) is 13.2. The second-order valence-corrected chi connectivity index (χ2v) is 13.2. The molecule has 1 spiro atoms. The number of cyclic esters (lactones) is 1. The Morgan fingerprint density at radius 3 is 2.50 bits per heavy atom. The maximum atomic E-state index is 13.3. The molecule has 6 aliphatic rings.